The van der Waals surface area contributed by atoms with E-state index in [1.807, 2.05) is 0 Å². The number of rotatable bonds is 5. The van der Waals surface area contributed by atoms with E-state index < -0.39 is 16.0 Å². The van der Waals surface area contributed by atoms with Crippen LogP contribution in [0.15, 0.2) is 41.4 Å². The molecule has 1 saturated heterocycles. The molecule has 0 spiro atoms. The molecule has 1 aromatic carbocycles. The molecule has 2 heterocycles. The van der Waals surface area contributed by atoms with Gasteiger partial charge in [-0.3, -0.25) is 0 Å². The van der Waals surface area contributed by atoms with E-state index in [-0.39, 0.29) is 17.5 Å². The zero-order valence-corrected chi connectivity index (χ0v) is 15.3. The minimum Gasteiger partial charge on any atom is -0.473 e. The molecule has 0 unspecified atom stereocenters. The largest absolute Gasteiger partial charge is 0.473 e. The summed E-state index contributed by atoms with van der Waals surface area (Å²) in [5.74, 6) is 0.517. The Labute approximate surface area is 151 Å². The lowest BCUT2D eigenvalue weighted by atomic mass is 10.2. The Morgan fingerprint density at radius 3 is 2.62 bits per heavy atom. The quantitative estimate of drug-likeness (QED) is 0.727. The van der Waals surface area contributed by atoms with E-state index in [1.165, 1.54) is 35.7 Å². The molecule has 3 rings (SSSR count). The maximum Gasteiger partial charge on any atom is 0.337 e. The fraction of sp³-hybridized carbons (Fsp3) is 0.353. The van der Waals surface area contributed by atoms with E-state index in [2.05, 4.69) is 14.7 Å². The van der Waals surface area contributed by atoms with Crippen LogP contribution in [-0.2, 0) is 14.8 Å². The van der Waals surface area contributed by atoms with E-state index in [9.17, 15) is 13.2 Å². The smallest absolute Gasteiger partial charge is 0.337 e. The molecule has 1 aliphatic heterocycles. The third-order valence-corrected chi connectivity index (χ3v) is 5.94. The van der Waals surface area contributed by atoms with Crippen LogP contribution in [0, 0.1) is 6.92 Å². The Bertz CT molecular complexity index is 899. The molecule has 1 fully saturated rings. The highest BCUT2D eigenvalue weighted by atomic mass is 32.2. The molecule has 138 valence electrons. The number of esters is 1. The Hall–Kier alpha value is -2.52. The van der Waals surface area contributed by atoms with Crippen molar-refractivity contribution in [3.63, 3.8) is 0 Å². The lowest BCUT2D eigenvalue weighted by Crippen LogP contribution is -2.31. The van der Waals surface area contributed by atoms with Crippen molar-refractivity contribution in [2.24, 2.45) is 0 Å². The highest BCUT2D eigenvalue weighted by molar-refractivity contribution is 7.89. The maximum absolute atomic E-state index is 12.8. The number of benzene rings is 1. The summed E-state index contributed by atoms with van der Waals surface area (Å²) in [5.41, 5.74) is 0.299. The molecular weight excluding hydrogens is 358 g/mol. The maximum atomic E-state index is 12.8. The topological polar surface area (TPSA) is 98.7 Å². The summed E-state index contributed by atoms with van der Waals surface area (Å²) in [7, 11) is -2.38. The molecule has 8 nitrogen and oxygen atoms in total. The van der Waals surface area contributed by atoms with Crippen molar-refractivity contribution in [3.8, 4) is 5.88 Å². The molecule has 0 radical (unpaired) electrons. The number of ether oxygens (including phenoxy) is 2. The summed E-state index contributed by atoms with van der Waals surface area (Å²) in [5, 5.41) is 0. The standard InChI is InChI=1S/C17H19N3O5S/c1-12-18-9-7-16(19-12)25-14-8-10-20(11-14)26(22,23)15-5-3-13(4-6-15)17(21)24-2/h3-7,9,14H,8,10-11H2,1-2H3/t14-/m1/s1. The zero-order valence-electron chi connectivity index (χ0n) is 14.5. The SMILES string of the molecule is COC(=O)c1ccc(S(=O)(=O)N2CC[C@@H](Oc3ccnc(C)n3)C2)cc1. The first-order valence-corrected chi connectivity index (χ1v) is 9.49. The molecule has 9 heteroatoms. The van der Waals surface area contributed by atoms with Crippen molar-refractivity contribution in [2.75, 3.05) is 20.2 Å². The molecule has 0 bridgehead atoms. The van der Waals surface area contributed by atoms with Gasteiger partial charge in [0.15, 0.2) is 0 Å². The van der Waals surface area contributed by atoms with Crippen LogP contribution in [0.3, 0.4) is 0 Å². The van der Waals surface area contributed by atoms with Crippen LogP contribution < -0.4 is 4.74 Å². The predicted octanol–water partition coefficient (Wildman–Crippen LogP) is 1.41. The number of sulfonamides is 1. The van der Waals surface area contributed by atoms with E-state index in [0.29, 0.717) is 30.2 Å². The van der Waals surface area contributed by atoms with E-state index in [1.54, 1.807) is 19.2 Å². The van der Waals surface area contributed by atoms with Gasteiger partial charge < -0.3 is 9.47 Å². The molecule has 26 heavy (non-hydrogen) atoms. The normalized spacial score (nSPS) is 17.8. The first-order valence-electron chi connectivity index (χ1n) is 8.05. The van der Waals surface area contributed by atoms with Crippen LogP contribution in [0.1, 0.15) is 22.6 Å². The summed E-state index contributed by atoms with van der Waals surface area (Å²) in [4.78, 5) is 19.8. The molecule has 1 aromatic heterocycles. The van der Waals surface area contributed by atoms with Crippen molar-refractivity contribution < 1.29 is 22.7 Å². The summed E-state index contributed by atoms with van der Waals surface area (Å²) >= 11 is 0. The van der Waals surface area contributed by atoms with Crippen molar-refractivity contribution in [1.29, 1.82) is 0 Å². The van der Waals surface area contributed by atoms with Crippen LogP contribution in [0.25, 0.3) is 0 Å². The minimum absolute atomic E-state index is 0.128. The number of hydrogen-bond acceptors (Lipinski definition) is 7. The molecule has 2 aromatic rings. The second-order valence-corrected chi connectivity index (χ2v) is 7.79. The fourth-order valence-corrected chi connectivity index (χ4v) is 4.20. The second-order valence-electron chi connectivity index (χ2n) is 5.85. The van der Waals surface area contributed by atoms with Crippen molar-refractivity contribution in [3.05, 3.63) is 47.9 Å². The first-order chi connectivity index (χ1) is 12.4. The van der Waals surface area contributed by atoms with Gasteiger partial charge in [-0.25, -0.2) is 18.2 Å². The van der Waals surface area contributed by atoms with E-state index >= 15 is 0 Å². The summed E-state index contributed by atoms with van der Waals surface area (Å²) in [6.07, 6.45) is 1.90. The molecule has 1 aliphatic rings. The average molecular weight is 377 g/mol. The van der Waals surface area contributed by atoms with Gasteiger partial charge in [-0.05, 0) is 37.6 Å². The van der Waals surface area contributed by atoms with Gasteiger partial charge in [0.2, 0.25) is 15.9 Å². The van der Waals surface area contributed by atoms with Gasteiger partial charge in [-0.2, -0.15) is 9.29 Å². The third-order valence-electron chi connectivity index (χ3n) is 4.06. The highest BCUT2D eigenvalue weighted by Gasteiger charge is 2.34. The van der Waals surface area contributed by atoms with Crippen LogP contribution in [-0.4, -0.2) is 55.0 Å². The van der Waals surface area contributed by atoms with Crippen LogP contribution >= 0.6 is 0 Å². The number of aryl methyl sites for hydroxylation is 1. The lowest BCUT2D eigenvalue weighted by Gasteiger charge is -2.17. The summed E-state index contributed by atoms with van der Waals surface area (Å²) < 4.78 is 37.3. The van der Waals surface area contributed by atoms with Gasteiger partial charge >= 0.3 is 5.97 Å². The van der Waals surface area contributed by atoms with E-state index in [4.69, 9.17) is 4.74 Å². The Balaban J connectivity index is 1.69. The average Bonchev–Trinajstić information content (AvgIpc) is 3.10. The molecule has 0 aliphatic carbocycles. The zero-order chi connectivity index (χ0) is 18.7. The van der Waals surface area contributed by atoms with Crippen LogP contribution in [0.5, 0.6) is 5.88 Å². The van der Waals surface area contributed by atoms with E-state index in [0.717, 1.165) is 0 Å². The molecular formula is C17H19N3O5S. The predicted molar refractivity (Wildman–Crippen MR) is 92.3 cm³/mol. The minimum atomic E-state index is -3.65. The van der Waals surface area contributed by atoms with Crippen molar-refractivity contribution in [1.82, 2.24) is 14.3 Å². The number of carbonyl (C=O) groups excluding carboxylic acids is 1. The van der Waals surface area contributed by atoms with Gasteiger partial charge in [-0.1, -0.05) is 0 Å². The molecule has 1 atom stereocenters. The van der Waals surface area contributed by atoms with Crippen molar-refractivity contribution in [2.45, 2.75) is 24.3 Å². The Morgan fingerprint density at radius 2 is 1.96 bits per heavy atom. The van der Waals surface area contributed by atoms with Gasteiger partial charge in [0.1, 0.15) is 11.9 Å². The molecule has 0 saturated carbocycles. The van der Waals surface area contributed by atoms with Gasteiger partial charge in [0, 0.05) is 18.8 Å². The Kier molecular flexibility index (Phi) is 5.19. The highest BCUT2D eigenvalue weighted by Crippen LogP contribution is 2.24. The van der Waals surface area contributed by atoms with Crippen molar-refractivity contribution >= 4 is 16.0 Å². The number of hydrogen-bond donors (Lipinski definition) is 0. The summed E-state index contributed by atoms with van der Waals surface area (Å²) in [6.45, 7) is 2.36. The summed E-state index contributed by atoms with van der Waals surface area (Å²) in [6, 6.07) is 7.33. The lowest BCUT2D eigenvalue weighted by molar-refractivity contribution is 0.0600. The monoisotopic (exact) mass is 377 g/mol. The molecule has 0 N–H and O–H groups in total. The molecule has 0 amide bonds. The number of carbonyl (C=O) groups is 1. The number of aromatic nitrogens is 2. The van der Waals surface area contributed by atoms with Crippen LogP contribution in [0.4, 0.5) is 0 Å². The van der Waals surface area contributed by atoms with Gasteiger partial charge in [0.05, 0.1) is 24.1 Å². The van der Waals surface area contributed by atoms with Crippen LogP contribution in [0.2, 0.25) is 0 Å². The number of nitrogens with zero attached hydrogens (tertiary/aromatic N) is 3. The third kappa shape index (κ3) is 3.83. The number of methoxy groups -OCH3 is 1. The Morgan fingerprint density at radius 1 is 1.23 bits per heavy atom. The van der Waals surface area contributed by atoms with Gasteiger partial charge in [0.25, 0.3) is 0 Å². The fourth-order valence-electron chi connectivity index (χ4n) is 2.71. The first kappa shape index (κ1) is 18.3. The van der Waals surface area contributed by atoms with Gasteiger partial charge in [-0.15, -0.1) is 0 Å². The second kappa shape index (κ2) is 7.38.